The Bertz CT molecular complexity index is 2050. The molecule has 0 fully saturated rings. The van der Waals surface area contributed by atoms with E-state index >= 15 is 0 Å². The highest BCUT2D eigenvalue weighted by atomic mass is 16.5. The van der Waals surface area contributed by atoms with E-state index in [0.29, 0.717) is 43.3 Å². The molecule has 2 heterocycles. The minimum Gasteiger partial charge on any atom is -0.465 e. The van der Waals surface area contributed by atoms with Crippen molar-refractivity contribution in [2.24, 2.45) is 15.4 Å². The van der Waals surface area contributed by atoms with Gasteiger partial charge in [-0.1, -0.05) is 97.1 Å². The zero-order valence-corrected chi connectivity index (χ0v) is 24.3. The fraction of sp³-hybridized carbons (Fsp3) is 0.139. The highest BCUT2D eigenvalue weighted by Crippen LogP contribution is 2.29. The van der Waals surface area contributed by atoms with Crippen LogP contribution in [0.4, 0.5) is 0 Å². The van der Waals surface area contributed by atoms with Crippen molar-refractivity contribution in [2.45, 2.75) is 20.0 Å². The Morgan fingerprint density at radius 3 is 2.45 bits per heavy atom. The van der Waals surface area contributed by atoms with Crippen molar-refractivity contribution in [2.75, 3.05) is 13.2 Å². The molecule has 0 radical (unpaired) electrons. The third-order valence-corrected chi connectivity index (χ3v) is 7.86. The summed E-state index contributed by atoms with van der Waals surface area (Å²) in [6.07, 6.45) is 0. The summed E-state index contributed by atoms with van der Waals surface area (Å²) in [5.41, 5.74) is 8.19. The number of benzene rings is 5. The summed E-state index contributed by atoms with van der Waals surface area (Å²) in [5.74, 6) is -0.159. The van der Waals surface area contributed by atoms with Crippen molar-refractivity contribution < 1.29 is 9.53 Å². The molecule has 1 aliphatic heterocycles. The van der Waals surface area contributed by atoms with Crippen LogP contribution in [0, 0.1) is 0 Å². The topological polar surface area (TPSA) is 93.2 Å². The first kappa shape index (κ1) is 27.2. The fourth-order valence-electron chi connectivity index (χ4n) is 5.76. The molecular weight excluding hydrogens is 548 g/mol. The molecule has 0 saturated carbocycles. The lowest BCUT2D eigenvalue weighted by molar-refractivity contribution is 0.0952. The van der Waals surface area contributed by atoms with Gasteiger partial charge in [0.2, 0.25) is 0 Å². The minimum atomic E-state index is -0.159. The smallest absolute Gasteiger partial charge is 0.297 e. The third-order valence-electron chi connectivity index (χ3n) is 7.86. The second kappa shape index (κ2) is 11.9. The van der Waals surface area contributed by atoms with Crippen LogP contribution in [-0.4, -0.2) is 34.3 Å². The molecule has 0 atom stereocenters. The number of nitrogens with zero attached hydrogens (tertiary/aromatic N) is 5. The summed E-state index contributed by atoms with van der Waals surface area (Å²) < 4.78 is 7.95. The van der Waals surface area contributed by atoms with Crippen molar-refractivity contribution >= 4 is 33.4 Å². The lowest BCUT2D eigenvalue weighted by atomic mass is 9.96. The number of nitrogens with one attached hydrogen (secondary N) is 1. The number of carbonyl (C=O) groups is 1. The lowest BCUT2D eigenvalue weighted by Crippen LogP contribution is -2.23. The van der Waals surface area contributed by atoms with E-state index in [1.165, 1.54) is 0 Å². The number of hydrogen-bond donors (Lipinski definition) is 1. The number of imidazole rings is 1. The van der Waals surface area contributed by atoms with Crippen LogP contribution >= 0.6 is 0 Å². The quantitative estimate of drug-likeness (QED) is 0.194. The number of carbonyl (C=O) groups excluding carboxylic acids is 1. The van der Waals surface area contributed by atoms with Crippen molar-refractivity contribution in [1.82, 2.24) is 14.9 Å². The summed E-state index contributed by atoms with van der Waals surface area (Å²) in [7, 11) is 0. The molecule has 216 valence electrons. The SMILES string of the molecule is CCOc1nc2cccc(C(=O)NCc3cccc4ccccc34)c2n1Cc1ccc(-c2ccccc2C2=NN=NC2)cc1. The Morgan fingerprint density at radius 1 is 0.864 bits per heavy atom. The van der Waals surface area contributed by atoms with E-state index in [1.807, 2.05) is 60.0 Å². The van der Waals surface area contributed by atoms with E-state index in [0.717, 1.165) is 49.8 Å². The molecule has 0 aliphatic carbocycles. The van der Waals surface area contributed by atoms with Gasteiger partial charge in [-0.25, -0.2) is 0 Å². The summed E-state index contributed by atoms with van der Waals surface area (Å²) in [6, 6.07) is 37.0. The Balaban J connectivity index is 1.19. The fourth-order valence-corrected chi connectivity index (χ4v) is 5.76. The van der Waals surface area contributed by atoms with Crippen LogP contribution in [0.1, 0.15) is 34.0 Å². The summed E-state index contributed by atoms with van der Waals surface area (Å²) >= 11 is 0. The number of ether oxygens (including phenoxy) is 1. The predicted octanol–water partition coefficient (Wildman–Crippen LogP) is 7.40. The van der Waals surface area contributed by atoms with Gasteiger partial charge in [0, 0.05) is 12.1 Å². The van der Waals surface area contributed by atoms with E-state index in [1.54, 1.807) is 0 Å². The van der Waals surface area contributed by atoms with Crippen LogP contribution in [0.25, 0.3) is 32.9 Å². The Labute approximate surface area is 254 Å². The van der Waals surface area contributed by atoms with Gasteiger partial charge in [-0.15, -0.1) is 5.10 Å². The maximum absolute atomic E-state index is 13.7. The predicted molar refractivity (Wildman–Crippen MR) is 173 cm³/mol. The molecule has 0 spiro atoms. The summed E-state index contributed by atoms with van der Waals surface area (Å²) in [4.78, 5) is 18.4. The molecule has 1 amide bonds. The molecular formula is C36H30N6O2. The highest BCUT2D eigenvalue weighted by molar-refractivity contribution is 6.07. The lowest BCUT2D eigenvalue weighted by Gasteiger charge is -2.13. The molecule has 44 heavy (non-hydrogen) atoms. The van der Waals surface area contributed by atoms with Gasteiger partial charge in [0.25, 0.3) is 11.9 Å². The van der Waals surface area contributed by atoms with E-state index in [-0.39, 0.29) is 5.91 Å². The van der Waals surface area contributed by atoms with Crippen molar-refractivity contribution in [3.05, 3.63) is 131 Å². The number of para-hydroxylation sites is 1. The number of hydrogen-bond acceptors (Lipinski definition) is 6. The second-order valence-corrected chi connectivity index (χ2v) is 10.6. The van der Waals surface area contributed by atoms with Gasteiger partial charge in [0.15, 0.2) is 0 Å². The maximum Gasteiger partial charge on any atom is 0.297 e. The first-order chi connectivity index (χ1) is 21.7. The first-order valence-electron chi connectivity index (χ1n) is 14.7. The average Bonchev–Trinajstić information content (AvgIpc) is 3.73. The Hall–Kier alpha value is -5.63. The standard InChI is InChI=1S/C36H30N6O2/c1-2-44-36-39-32-16-8-15-31(35(43)37-21-27-11-7-10-25-9-3-4-12-28(25)27)34(32)42(36)23-24-17-19-26(20-18-24)29-13-5-6-14-30(29)33-22-38-41-40-33/h3-20H,2,21-23H2,1H3,(H,37,43). The van der Waals surface area contributed by atoms with Gasteiger partial charge in [0.05, 0.1) is 35.5 Å². The van der Waals surface area contributed by atoms with Gasteiger partial charge < -0.3 is 10.1 Å². The number of rotatable bonds is 9. The number of aromatic nitrogens is 2. The van der Waals surface area contributed by atoms with Gasteiger partial charge in [-0.3, -0.25) is 9.36 Å². The molecule has 0 saturated heterocycles. The Kier molecular flexibility index (Phi) is 7.38. The van der Waals surface area contributed by atoms with Gasteiger partial charge in [-0.2, -0.15) is 10.1 Å². The van der Waals surface area contributed by atoms with Crippen molar-refractivity contribution in [3.8, 4) is 17.1 Å². The molecule has 8 nitrogen and oxygen atoms in total. The average molecular weight is 579 g/mol. The molecule has 7 rings (SSSR count). The molecule has 1 aliphatic rings. The van der Waals surface area contributed by atoms with Gasteiger partial charge in [0.1, 0.15) is 6.54 Å². The van der Waals surface area contributed by atoms with Gasteiger partial charge in [-0.05, 0) is 57.3 Å². The van der Waals surface area contributed by atoms with E-state index < -0.39 is 0 Å². The largest absolute Gasteiger partial charge is 0.465 e. The van der Waals surface area contributed by atoms with Crippen LogP contribution in [0.3, 0.4) is 0 Å². The van der Waals surface area contributed by atoms with Crippen molar-refractivity contribution in [1.29, 1.82) is 0 Å². The molecule has 6 aromatic rings. The zero-order chi connectivity index (χ0) is 29.9. The number of fused-ring (bicyclic) bond motifs is 2. The molecule has 0 unspecified atom stereocenters. The molecule has 1 N–H and O–H groups in total. The van der Waals surface area contributed by atoms with Crippen molar-refractivity contribution in [3.63, 3.8) is 0 Å². The monoisotopic (exact) mass is 578 g/mol. The van der Waals surface area contributed by atoms with E-state index in [2.05, 4.69) is 81.4 Å². The first-order valence-corrected chi connectivity index (χ1v) is 14.7. The van der Waals surface area contributed by atoms with Gasteiger partial charge >= 0.3 is 0 Å². The molecule has 1 aromatic heterocycles. The van der Waals surface area contributed by atoms with E-state index in [9.17, 15) is 4.79 Å². The molecule has 8 heteroatoms. The van der Waals surface area contributed by atoms with Crippen LogP contribution in [-0.2, 0) is 13.1 Å². The van der Waals surface area contributed by atoms with Crippen LogP contribution in [0.2, 0.25) is 0 Å². The maximum atomic E-state index is 13.7. The molecule has 0 bridgehead atoms. The normalized spacial score (nSPS) is 12.5. The van der Waals surface area contributed by atoms with Crippen LogP contribution in [0.5, 0.6) is 6.01 Å². The van der Waals surface area contributed by atoms with Crippen LogP contribution < -0.4 is 10.1 Å². The second-order valence-electron chi connectivity index (χ2n) is 10.6. The van der Waals surface area contributed by atoms with E-state index in [4.69, 9.17) is 9.72 Å². The highest BCUT2D eigenvalue weighted by Gasteiger charge is 2.20. The van der Waals surface area contributed by atoms with Crippen LogP contribution in [0.15, 0.2) is 125 Å². The zero-order valence-electron chi connectivity index (χ0n) is 24.3. The Morgan fingerprint density at radius 2 is 1.64 bits per heavy atom. The minimum absolute atomic E-state index is 0.159. The molecule has 5 aromatic carbocycles. The summed E-state index contributed by atoms with van der Waals surface area (Å²) in [6.45, 7) is 3.79. The summed E-state index contributed by atoms with van der Waals surface area (Å²) in [5, 5.41) is 17.4. The third kappa shape index (κ3) is 5.22. The number of amides is 1.